The standard InChI is InChI=1S/C19H27N3O2S/c1-13(2)11-21-18(25-12-19(21)9-5-6-10-19)20-17-15(4)14(3)7-8-16(17)22(23)24/h7-8,13H,5-6,9-12H2,1-4H3. The van der Waals surface area contributed by atoms with Crippen LogP contribution >= 0.6 is 11.8 Å². The Morgan fingerprint density at radius 1 is 1.32 bits per heavy atom. The molecular weight excluding hydrogens is 334 g/mol. The number of hydrogen-bond donors (Lipinski definition) is 0. The highest BCUT2D eigenvalue weighted by Crippen LogP contribution is 2.46. The fourth-order valence-electron chi connectivity index (χ4n) is 3.91. The molecule has 0 unspecified atom stereocenters. The van der Waals surface area contributed by atoms with Gasteiger partial charge in [-0.3, -0.25) is 10.1 Å². The molecule has 1 heterocycles. The van der Waals surface area contributed by atoms with E-state index in [1.165, 1.54) is 25.7 Å². The Labute approximate surface area is 154 Å². The maximum Gasteiger partial charge on any atom is 0.295 e. The van der Waals surface area contributed by atoms with Crippen molar-refractivity contribution < 1.29 is 4.92 Å². The van der Waals surface area contributed by atoms with Gasteiger partial charge in [0.25, 0.3) is 5.69 Å². The van der Waals surface area contributed by atoms with Crippen LogP contribution in [-0.2, 0) is 0 Å². The van der Waals surface area contributed by atoms with Crippen molar-refractivity contribution in [3.63, 3.8) is 0 Å². The molecule has 6 heteroatoms. The first-order chi connectivity index (χ1) is 11.8. The van der Waals surface area contributed by atoms with E-state index in [1.54, 1.807) is 17.8 Å². The minimum atomic E-state index is -0.316. The maximum atomic E-state index is 11.5. The molecule has 0 amide bonds. The van der Waals surface area contributed by atoms with Crippen molar-refractivity contribution in [1.29, 1.82) is 0 Å². The minimum Gasteiger partial charge on any atom is -0.344 e. The average molecular weight is 362 g/mol. The first kappa shape index (κ1) is 18.2. The molecule has 0 N–H and O–H groups in total. The van der Waals surface area contributed by atoms with Crippen LogP contribution < -0.4 is 0 Å². The normalized spacial score (nSPS) is 21.0. The Balaban J connectivity index is 2.05. The van der Waals surface area contributed by atoms with Crippen molar-refractivity contribution in [3.8, 4) is 0 Å². The van der Waals surface area contributed by atoms with E-state index < -0.39 is 0 Å². The van der Waals surface area contributed by atoms with E-state index in [-0.39, 0.29) is 16.1 Å². The highest BCUT2D eigenvalue weighted by atomic mass is 32.2. The third kappa shape index (κ3) is 3.41. The van der Waals surface area contributed by atoms with Crippen LogP contribution in [0.1, 0.15) is 50.7 Å². The number of aliphatic imine (C=N–C) groups is 1. The van der Waals surface area contributed by atoms with Gasteiger partial charge in [0, 0.05) is 18.4 Å². The summed E-state index contributed by atoms with van der Waals surface area (Å²) >= 11 is 1.77. The van der Waals surface area contributed by atoms with Crippen LogP contribution in [0.3, 0.4) is 0 Å². The highest BCUT2D eigenvalue weighted by molar-refractivity contribution is 8.14. The Bertz CT molecular complexity index is 709. The van der Waals surface area contributed by atoms with Crippen molar-refractivity contribution in [3.05, 3.63) is 33.4 Å². The van der Waals surface area contributed by atoms with Gasteiger partial charge in [-0.2, -0.15) is 0 Å². The van der Waals surface area contributed by atoms with Crippen molar-refractivity contribution in [1.82, 2.24) is 4.90 Å². The van der Waals surface area contributed by atoms with Gasteiger partial charge in [-0.25, -0.2) is 4.99 Å². The molecule has 3 rings (SSSR count). The summed E-state index contributed by atoms with van der Waals surface area (Å²) in [5, 5.41) is 12.4. The molecule has 0 atom stereocenters. The van der Waals surface area contributed by atoms with Gasteiger partial charge in [0.15, 0.2) is 5.17 Å². The zero-order valence-corrected chi connectivity index (χ0v) is 16.4. The number of amidine groups is 1. The van der Waals surface area contributed by atoms with Gasteiger partial charge in [-0.15, -0.1) is 0 Å². The van der Waals surface area contributed by atoms with Crippen LogP contribution in [0.2, 0.25) is 0 Å². The number of hydrogen-bond acceptors (Lipinski definition) is 4. The molecule has 136 valence electrons. The number of nitrogens with zero attached hydrogens (tertiary/aromatic N) is 3. The van der Waals surface area contributed by atoms with E-state index in [0.29, 0.717) is 11.6 Å². The lowest BCUT2D eigenvalue weighted by Gasteiger charge is -2.37. The van der Waals surface area contributed by atoms with E-state index in [4.69, 9.17) is 4.99 Å². The van der Waals surface area contributed by atoms with E-state index in [2.05, 4.69) is 18.7 Å². The Hall–Kier alpha value is -1.56. The molecule has 1 saturated carbocycles. The van der Waals surface area contributed by atoms with Crippen LogP contribution in [0, 0.1) is 29.9 Å². The Kier molecular flexibility index (Phi) is 5.09. The monoisotopic (exact) mass is 361 g/mol. The van der Waals surface area contributed by atoms with Gasteiger partial charge in [0.2, 0.25) is 0 Å². The second-order valence-electron chi connectivity index (χ2n) is 7.75. The molecule has 1 aromatic carbocycles. The molecule has 2 fully saturated rings. The number of benzene rings is 1. The third-order valence-corrected chi connectivity index (χ3v) is 6.69. The molecule has 25 heavy (non-hydrogen) atoms. The molecule has 1 spiro atoms. The predicted octanol–water partition coefficient (Wildman–Crippen LogP) is 5.22. The lowest BCUT2D eigenvalue weighted by Crippen LogP contribution is -2.47. The smallest absolute Gasteiger partial charge is 0.295 e. The first-order valence-electron chi connectivity index (χ1n) is 9.08. The maximum absolute atomic E-state index is 11.5. The van der Waals surface area contributed by atoms with Gasteiger partial charge >= 0.3 is 0 Å². The number of nitro groups is 1. The number of rotatable bonds is 4. The van der Waals surface area contributed by atoms with E-state index in [0.717, 1.165) is 28.6 Å². The zero-order chi connectivity index (χ0) is 18.2. The van der Waals surface area contributed by atoms with Crippen LogP contribution in [0.25, 0.3) is 0 Å². The Morgan fingerprint density at radius 3 is 2.60 bits per heavy atom. The molecule has 0 bridgehead atoms. The summed E-state index contributed by atoms with van der Waals surface area (Å²) in [6, 6.07) is 3.39. The topological polar surface area (TPSA) is 58.7 Å². The van der Waals surface area contributed by atoms with Gasteiger partial charge in [-0.1, -0.05) is 44.5 Å². The summed E-state index contributed by atoms with van der Waals surface area (Å²) in [7, 11) is 0. The summed E-state index contributed by atoms with van der Waals surface area (Å²) < 4.78 is 0. The molecule has 2 aliphatic rings. The van der Waals surface area contributed by atoms with E-state index in [9.17, 15) is 10.1 Å². The lowest BCUT2D eigenvalue weighted by atomic mass is 9.97. The second-order valence-corrected chi connectivity index (χ2v) is 8.69. The van der Waals surface area contributed by atoms with Crippen molar-refractivity contribution in [2.45, 2.75) is 58.9 Å². The van der Waals surface area contributed by atoms with E-state index in [1.807, 2.05) is 19.9 Å². The second kappa shape index (κ2) is 6.98. The molecule has 0 aromatic heterocycles. The Morgan fingerprint density at radius 2 is 2.00 bits per heavy atom. The molecule has 1 aliphatic carbocycles. The highest BCUT2D eigenvalue weighted by Gasteiger charge is 2.46. The average Bonchev–Trinajstić information content (AvgIpc) is 3.14. The number of nitro benzene ring substituents is 1. The number of thioether (sulfide) groups is 1. The van der Waals surface area contributed by atoms with E-state index >= 15 is 0 Å². The molecule has 5 nitrogen and oxygen atoms in total. The van der Waals surface area contributed by atoms with Gasteiger partial charge in [0.1, 0.15) is 5.69 Å². The largest absolute Gasteiger partial charge is 0.344 e. The predicted molar refractivity (Wildman–Crippen MR) is 105 cm³/mol. The summed E-state index contributed by atoms with van der Waals surface area (Å²) in [5.74, 6) is 1.59. The summed E-state index contributed by atoms with van der Waals surface area (Å²) in [4.78, 5) is 18.5. The van der Waals surface area contributed by atoms with Gasteiger partial charge < -0.3 is 4.90 Å². The van der Waals surface area contributed by atoms with Crippen LogP contribution in [0.4, 0.5) is 11.4 Å². The summed E-state index contributed by atoms with van der Waals surface area (Å²) in [5.41, 5.74) is 2.78. The first-order valence-corrected chi connectivity index (χ1v) is 10.1. The summed E-state index contributed by atoms with van der Waals surface area (Å²) in [6.45, 7) is 9.33. The molecule has 1 aliphatic heterocycles. The van der Waals surface area contributed by atoms with Crippen LogP contribution in [-0.4, -0.2) is 32.8 Å². The van der Waals surface area contributed by atoms with Gasteiger partial charge in [0.05, 0.1) is 10.5 Å². The van der Waals surface area contributed by atoms with Crippen molar-refractivity contribution >= 4 is 28.3 Å². The minimum absolute atomic E-state index is 0.105. The van der Waals surface area contributed by atoms with Crippen molar-refractivity contribution in [2.75, 3.05) is 12.3 Å². The fraction of sp³-hybridized carbons (Fsp3) is 0.632. The van der Waals surface area contributed by atoms with Crippen LogP contribution in [0.15, 0.2) is 17.1 Å². The fourth-order valence-corrected chi connectivity index (χ4v) is 5.33. The molecule has 1 saturated heterocycles. The third-order valence-electron chi connectivity index (χ3n) is 5.44. The van der Waals surface area contributed by atoms with Crippen molar-refractivity contribution in [2.24, 2.45) is 10.9 Å². The number of aryl methyl sites for hydroxylation is 1. The lowest BCUT2D eigenvalue weighted by molar-refractivity contribution is -0.384. The molecule has 1 aromatic rings. The SMILES string of the molecule is Cc1ccc([N+](=O)[O-])c(N=C2SCC3(CCCC3)N2CC(C)C)c1C. The zero-order valence-electron chi connectivity index (χ0n) is 15.5. The quantitative estimate of drug-likeness (QED) is 0.545. The molecular formula is C19H27N3O2S. The van der Waals surface area contributed by atoms with Crippen LogP contribution in [0.5, 0.6) is 0 Å². The molecule has 0 radical (unpaired) electrons. The van der Waals surface area contributed by atoms with Gasteiger partial charge in [-0.05, 0) is 43.7 Å². The summed E-state index contributed by atoms with van der Waals surface area (Å²) in [6.07, 6.45) is 4.96.